The smallest absolute Gasteiger partial charge is 0.341 e. The van der Waals surface area contributed by atoms with Crippen LogP contribution in [0, 0.1) is 5.82 Å². The fourth-order valence-electron chi connectivity index (χ4n) is 4.12. The lowest BCUT2D eigenvalue weighted by atomic mass is 10.1. The van der Waals surface area contributed by atoms with Crippen molar-refractivity contribution >= 4 is 33.7 Å². The van der Waals surface area contributed by atoms with Crippen molar-refractivity contribution in [2.45, 2.75) is 13.0 Å². The molecule has 0 radical (unpaired) electrons. The summed E-state index contributed by atoms with van der Waals surface area (Å²) in [5.41, 5.74) is 0.350. The number of piperazine rings is 1. The Labute approximate surface area is 181 Å². The van der Waals surface area contributed by atoms with Crippen molar-refractivity contribution in [1.29, 1.82) is 0 Å². The van der Waals surface area contributed by atoms with E-state index in [4.69, 9.17) is 0 Å². The fourth-order valence-corrected chi connectivity index (χ4v) is 4.12. The molecular formula is C23H20FN5O3. The molecule has 1 aromatic carbocycles. The Morgan fingerprint density at radius 3 is 2.91 bits per heavy atom. The van der Waals surface area contributed by atoms with Crippen LogP contribution in [0.2, 0.25) is 0 Å². The number of halogens is 1. The van der Waals surface area contributed by atoms with Crippen molar-refractivity contribution in [3.63, 3.8) is 0 Å². The first-order valence-electron chi connectivity index (χ1n) is 10.2. The van der Waals surface area contributed by atoms with Crippen LogP contribution in [0.5, 0.6) is 0 Å². The van der Waals surface area contributed by atoms with E-state index in [1.165, 1.54) is 10.8 Å². The summed E-state index contributed by atoms with van der Waals surface area (Å²) in [5.74, 6) is -1.89. The average Bonchev–Trinajstić information content (AvgIpc) is 2.79. The summed E-state index contributed by atoms with van der Waals surface area (Å²) in [4.78, 5) is 35.2. The lowest BCUT2D eigenvalue weighted by molar-refractivity contribution is 0.0695. The third kappa shape index (κ3) is 3.36. The van der Waals surface area contributed by atoms with Gasteiger partial charge < -0.3 is 19.9 Å². The van der Waals surface area contributed by atoms with E-state index in [0.717, 1.165) is 17.0 Å². The van der Waals surface area contributed by atoms with Gasteiger partial charge in [-0.1, -0.05) is 6.07 Å². The van der Waals surface area contributed by atoms with Crippen molar-refractivity contribution in [2.24, 2.45) is 0 Å². The summed E-state index contributed by atoms with van der Waals surface area (Å²) in [6.45, 7) is 3.82. The van der Waals surface area contributed by atoms with Crippen molar-refractivity contribution in [1.82, 2.24) is 19.9 Å². The first-order valence-corrected chi connectivity index (χ1v) is 10.2. The second kappa shape index (κ2) is 7.69. The Morgan fingerprint density at radius 1 is 1.28 bits per heavy atom. The highest BCUT2D eigenvalue weighted by atomic mass is 19.1. The van der Waals surface area contributed by atoms with Gasteiger partial charge in [0.15, 0.2) is 17.3 Å². The van der Waals surface area contributed by atoms with Gasteiger partial charge in [-0.2, -0.15) is 0 Å². The van der Waals surface area contributed by atoms with Crippen molar-refractivity contribution in [3.8, 4) is 5.69 Å². The van der Waals surface area contributed by atoms with Crippen molar-refractivity contribution < 1.29 is 14.3 Å². The van der Waals surface area contributed by atoms with Crippen LogP contribution in [-0.2, 0) is 0 Å². The average molecular weight is 433 g/mol. The minimum atomic E-state index is -1.38. The SMILES string of the molecule is CC1CN(c2nc3c(cc2F)c(=O)c(C(=O)O)cn3-c2ccc3ncccc3c2)CCN1. The zero-order valence-electron chi connectivity index (χ0n) is 17.2. The van der Waals surface area contributed by atoms with Gasteiger partial charge in [-0.15, -0.1) is 0 Å². The summed E-state index contributed by atoms with van der Waals surface area (Å²) in [6, 6.07) is 10.3. The van der Waals surface area contributed by atoms with E-state index >= 15 is 4.39 Å². The van der Waals surface area contributed by atoms with Crippen LogP contribution in [0.4, 0.5) is 10.2 Å². The van der Waals surface area contributed by atoms with Gasteiger partial charge in [0.1, 0.15) is 5.56 Å². The third-order valence-corrected chi connectivity index (χ3v) is 5.68. The molecule has 32 heavy (non-hydrogen) atoms. The van der Waals surface area contributed by atoms with E-state index < -0.39 is 22.8 Å². The third-order valence-electron chi connectivity index (χ3n) is 5.68. The van der Waals surface area contributed by atoms with Gasteiger partial charge in [-0.05, 0) is 37.3 Å². The monoisotopic (exact) mass is 433 g/mol. The van der Waals surface area contributed by atoms with E-state index in [0.29, 0.717) is 25.3 Å². The number of carboxylic acids is 1. The van der Waals surface area contributed by atoms with Gasteiger partial charge in [0.25, 0.3) is 0 Å². The quantitative estimate of drug-likeness (QED) is 0.512. The standard InChI is InChI=1S/C23H20FN5O3/c1-13-11-28(8-7-25-13)22-18(24)10-16-20(30)17(23(31)32)12-29(21(16)27-22)15-4-5-19-14(9-15)3-2-6-26-19/h2-6,9-10,12-13,25H,7-8,11H2,1H3,(H,31,32). The maximum atomic E-state index is 15.1. The molecule has 1 fully saturated rings. The molecule has 1 unspecified atom stereocenters. The van der Waals surface area contributed by atoms with Crippen LogP contribution < -0.4 is 15.6 Å². The van der Waals surface area contributed by atoms with Crippen LogP contribution in [0.15, 0.2) is 53.6 Å². The number of pyridine rings is 3. The minimum Gasteiger partial charge on any atom is -0.477 e. The summed E-state index contributed by atoms with van der Waals surface area (Å²) in [6.07, 6.45) is 2.93. The van der Waals surface area contributed by atoms with Crippen LogP contribution in [-0.4, -0.2) is 51.3 Å². The molecule has 0 amide bonds. The fraction of sp³-hybridized carbons (Fsp3) is 0.217. The molecule has 1 aliphatic heterocycles. The predicted molar refractivity (Wildman–Crippen MR) is 119 cm³/mol. The van der Waals surface area contributed by atoms with E-state index in [1.54, 1.807) is 24.4 Å². The highest BCUT2D eigenvalue weighted by Gasteiger charge is 2.24. The lowest BCUT2D eigenvalue weighted by Crippen LogP contribution is -2.49. The molecule has 5 rings (SSSR count). The van der Waals surface area contributed by atoms with E-state index in [2.05, 4.69) is 15.3 Å². The van der Waals surface area contributed by atoms with E-state index in [1.807, 2.05) is 24.0 Å². The molecule has 0 bridgehead atoms. The largest absolute Gasteiger partial charge is 0.477 e. The molecule has 0 saturated carbocycles. The molecule has 162 valence electrons. The van der Waals surface area contributed by atoms with Crippen LogP contribution in [0.3, 0.4) is 0 Å². The normalized spacial score (nSPS) is 16.6. The number of nitrogens with zero attached hydrogens (tertiary/aromatic N) is 4. The first-order chi connectivity index (χ1) is 15.4. The van der Waals surface area contributed by atoms with Gasteiger partial charge in [-0.3, -0.25) is 9.78 Å². The molecule has 4 aromatic rings. The topological polar surface area (TPSA) is 100 Å². The number of carboxylic acid groups (broad SMARTS) is 1. The summed E-state index contributed by atoms with van der Waals surface area (Å²) < 4.78 is 16.6. The minimum absolute atomic E-state index is 0.0828. The van der Waals surface area contributed by atoms with Crippen molar-refractivity contribution in [3.05, 3.63) is 70.4 Å². The maximum Gasteiger partial charge on any atom is 0.341 e. The Morgan fingerprint density at radius 2 is 2.12 bits per heavy atom. The van der Waals surface area contributed by atoms with Gasteiger partial charge >= 0.3 is 5.97 Å². The zero-order chi connectivity index (χ0) is 22.4. The molecular weight excluding hydrogens is 413 g/mol. The molecule has 0 aliphatic carbocycles. The Hall–Kier alpha value is -3.85. The summed E-state index contributed by atoms with van der Waals surface area (Å²) >= 11 is 0. The molecule has 1 aliphatic rings. The van der Waals surface area contributed by atoms with Gasteiger partial charge in [0.2, 0.25) is 5.43 Å². The summed E-state index contributed by atoms with van der Waals surface area (Å²) in [5, 5.41) is 13.6. The van der Waals surface area contributed by atoms with Gasteiger partial charge in [0, 0.05) is 49.1 Å². The highest BCUT2D eigenvalue weighted by Crippen LogP contribution is 2.25. The van der Waals surface area contributed by atoms with E-state index in [-0.39, 0.29) is 22.9 Å². The first kappa shape index (κ1) is 20.1. The number of aromatic nitrogens is 3. The molecule has 1 saturated heterocycles. The molecule has 2 N–H and O–H groups in total. The van der Waals surface area contributed by atoms with Crippen molar-refractivity contribution in [2.75, 3.05) is 24.5 Å². The highest BCUT2D eigenvalue weighted by molar-refractivity contribution is 5.93. The Kier molecular flexibility index (Phi) is 4.82. The number of aromatic carboxylic acids is 1. The molecule has 8 nitrogen and oxygen atoms in total. The second-order valence-electron chi connectivity index (χ2n) is 7.89. The van der Waals surface area contributed by atoms with Crippen LogP contribution in [0.25, 0.3) is 27.6 Å². The number of carbonyl (C=O) groups is 1. The molecule has 1 atom stereocenters. The van der Waals surface area contributed by atoms with Crippen LogP contribution in [0.1, 0.15) is 17.3 Å². The molecule has 0 spiro atoms. The number of hydrogen-bond acceptors (Lipinski definition) is 6. The summed E-state index contributed by atoms with van der Waals surface area (Å²) in [7, 11) is 0. The molecule has 9 heteroatoms. The number of rotatable bonds is 3. The number of nitrogens with one attached hydrogen (secondary N) is 1. The Balaban J connectivity index is 1.79. The zero-order valence-corrected chi connectivity index (χ0v) is 17.2. The lowest BCUT2D eigenvalue weighted by Gasteiger charge is -2.33. The van der Waals surface area contributed by atoms with E-state index in [9.17, 15) is 14.7 Å². The number of fused-ring (bicyclic) bond motifs is 2. The van der Waals surface area contributed by atoms with Gasteiger partial charge in [-0.25, -0.2) is 14.2 Å². The maximum absolute atomic E-state index is 15.1. The van der Waals surface area contributed by atoms with Crippen LogP contribution >= 0.6 is 0 Å². The molecule has 3 aromatic heterocycles. The van der Waals surface area contributed by atoms with Gasteiger partial charge in [0.05, 0.1) is 10.9 Å². The second-order valence-corrected chi connectivity index (χ2v) is 7.89. The number of hydrogen-bond donors (Lipinski definition) is 2. The Bertz CT molecular complexity index is 1430. The molecule has 4 heterocycles. The predicted octanol–water partition coefficient (Wildman–Crippen LogP) is 2.57. The number of benzene rings is 1. The number of anilines is 1.